The smallest absolute Gasteiger partial charge is 0.250 e. The van der Waals surface area contributed by atoms with E-state index in [-0.39, 0.29) is 0 Å². The molecule has 1 fully saturated rings. The normalized spacial score (nSPS) is 15.7. The zero-order valence-electron chi connectivity index (χ0n) is 13.7. The van der Waals surface area contributed by atoms with Crippen LogP contribution < -0.4 is 4.90 Å². The molecule has 1 aromatic carbocycles. The molecular weight excluding hydrogens is 361 g/mol. The molecule has 1 aliphatic heterocycles. The lowest BCUT2D eigenvalue weighted by molar-refractivity contribution is 0.488. The van der Waals surface area contributed by atoms with E-state index in [0.717, 1.165) is 43.3 Å². The van der Waals surface area contributed by atoms with Gasteiger partial charge in [-0.15, -0.1) is 0 Å². The average molecular weight is 378 g/mol. The highest BCUT2D eigenvalue weighted by Gasteiger charge is 2.26. The average Bonchev–Trinajstić information content (AvgIpc) is 3.26. The van der Waals surface area contributed by atoms with Gasteiger partial charge in [0.15, 0.2) is 0 Å². The van der Waals surface area contributed by atoms with Crippen LogP contribution in [0, 0.1) is 6.92 Å². The second-order valence-corrected chi connectivity index (χ2v) is 6.97. The Labute approximate surface area is 155 Å². The molecule has 0 amide bonds. The molecule has 0 bridgehead atoms. The first-order valence-electron chi connectivity index (χ1n) is 8.12. The number of hydrogen-bond acceptors (Lipinski definition) is 5. The number of nitrogens with one attached hydrogen (secondary N) is 1. The molecule has 2 aromatic heterocycles. The Hall–Kier alpha value is -2.12. The lowest BCUT2D eigenvalue weighted by atomic mass is 9.93. The summed E-state index contributed by atoms with van der Waals surface area (Å²) < 4.78 is 1.70. The van der Waals surface area contributed by atoms with Gasteiger partial charge in [0.25, 0.3) is 0 Å². The summed E-state index contributed by atoms with van der Waals surface area (Å²) >= 11 is 12.1. The van der Waals surface area contributed by atoms with Crippen molar-refractivity contribution in [2.75, 3.05) is 18.0 Å². The fourth-order valence-corrected chi connectivity index (χ4v) is 3.61. The third kappa shape index (κ3) is 3.09. The Bertz CT molecular complexity index is 880. The lowest BCUT2D eigenvalue weighted by Gasteiger charge is -2.31. The number of imidazole rings is 1. The minimum Gasteiger partial charge on any atom is -0.348 e. The third-order valence-electron chi connectivity index (χ3n) is 4.65. The van der Waals surface area contributed by atoms with E-state index in [9.17, 15) is 0 Å². The van der Waals surface area contributed by atoms with E-state index in [1.807, 2.05) is 13.0 Å². The van der Waals surface area contributed by atoms with Crippen LogP contribution in [0.25, 0.3) is 5.69 Å². The van der Waals surface area contributed by atoms with Crippen LogP contribution in [0.2, 0.25) is 10.0 Å². The maximum atomic E-state index is 6.12. The van der Waals surface area contributed by atoms with Crippen molar-refractivity contribution in [2.24, 2.45) is 0 Å². The highest BCUT2D eigenvalue weighted by molar-refractivity contribution is 6.42. The molecule has 4 rings (SSSR count). The van der Waals surface area contributed by atoms with Gasteiger partial charge in [-0.1, -0.05) is 28.3 Å². The van der Waals surface area contributed by atoms with Crippen molar-refractivity contribution in [2.45, 2.75) is 25.7 Å². The Morgan fingerprint density at radius 1 is 1.16 bits per heavy atom. The molecule has 9 heteroatoms. The molecular formula is C16H17Cl2N7. The van der Waals surface area contributed by atoms with E-state index in [1.165, 1.54) is 5.69 Å². The SMILES string of the molecule is Cc1nc[nH]c1C1CCN(c2nnnn2-c2ccc(Cl)c(Cl)c2)CC1. The number of hydrogen-bond donors (Lipinski definition) is 1. The highest BCUT2D eigenvalue weighted by Crippen LogP contribution is 2.31. The minimum absolute atomic E-state index is 0.481. The number of tetrazole rings is 1. The van der Waals surface area contributed by atoms with Gasteiger partial charge >= 0.3 is 0 Å². The summed E-state index contributed by atoms with van der Waals surface area (Å²) in [5.74, 6) is 1.21. The minimum atomic E-state index is 0.481. The van der Waals surface area contributed by atoms with Crippen LogP contribution in [-0.2, 0) is 0 Å². The van der Waals surface area contributed by atoms with Gasteiger partial charge in [-0.2, -0.15) is 4.68 Å². The van der Waals surface area contributed by atoms with Gasteiger partial charge < -0.3 is 9.88 Å². The number of H-pyrrole nitrogens is 1. The van der Waals surface area contributed by atoms with Crippen LogP contribution in [0.5, 0.6) is 0 Å². The zero-order chi connectivity index (χ0) is 17.4. The van der Waals surface area contributed by atoms with Crippen LogP contribution >= 0.6 is 23.2 Å². The number of aromatic nitrogens is 6. The first-order valence-corrected chi connectivity index (χ1v) is 8.87. The van der Waals surface area contributed by atoms with E-state index in [0.29, 0.717) is 16.0 Å². The summed E-state index contributed by atoms with van der Waals surface area (Å²) in [6.07, 6.45) is 3.82. The fraction of sp³-hybridized carbons (Fsp3) is 0.375. The predicted octanol–water partition coefficient (Wildman–Crippen LogP) is 3.38. The summed E-state index contributed by atoms with van der Waals surface area (Å²) in [5, 5.41) is 13.1. The monoisotopic (exact) mass is 377 g/mol. The van der Waals surface area contributed by atoms with Crippen molar-refractivity contribution in [3.8, 4) is 5.69 Å². The van der Waals surface area contributed by atoms with Crippen LogP contribution in [0.1, 0.15) is 30.1 Å². The highest BCUT2D eigenvalue weighted by atomic mass is 35.5. The summed E-state index contributed by atoms with van der Waals surface area (Å²) in [7, 11) is 0. The molecule has 1 aliphatic rings. The summed E-state index contributed by atoms with van der Waals surface area (Å²) in [6.45, 7) is 3.80. The van der Waals surface area contributed by atoms with Crippen LogP contribution in [0.4, 0.5) is 5.95 Å². The van der Waals surface area contributed by atoms with Crippen molar-refractivity contribution < 1.29 is 0 Å². The number of rotatable bonds is 3. The van der Waals surface area contributed by atoms with Crippen molar-refractivity contribution in [3.05, 3.63) is 46.0 Å². The second kappa shape index (κ2) is 6.65. The number of aromatic amines is 1. The maximum Gasteiger partial charge on any atom is 0.250 e. The molecule has 0 aliphatic carbocycles. The molecule has 0 atom stereocenters. The molecule has 0 spiro atoms. The zero-order valence-corrected chi connectivity index (χ0v) is 15.2. The van der Waals surface area contributed by atoms with E-state index in [1.54, 1.807) is 23.1 Å². The third-order valence-corrected chi connectivity index (χ3v) is 5.39. The van der Waals surface area contributed by atoms with E-state index < -0.39 is 0 Å². The van der Waals surface area contributed by atoms with Gasteiger partial charge in [-0.25, -0.2) is 4.98 Å². The van der Waals surface area contributed by atoms with Crippen molar-refractivity contribution in [3.63, 3.8) is 0 Å². The van der Waals surface area contributed by atoms with Gasteiger partial charge in [-0.05, 0) is 48.4 Å². The largest absolute Gasteiger partial charge is 0.348 e. The number of anilines is 1. The summed E-state index contributed by atoms with van der Waals surface area (Å²) in [6, 6.07) is 5.37. The predicted molar refractivity (Wildman–Crippen MR) is 96.7 cm³/mol. The van der Waals surface area contributed by atoms with Crippen molar-refractivity contribution >= 4 is 29.2 Å². The lowest BCUT2D eigenvalue weighted by Crippen LogP contribution is -2.35. The first kappa shape index (κ1) is 16.4. The van der Waals surface area contributed by atoms with Gasteiger partial charge in [0.2, 0.25) is 5.95 Å². The molecule has 0 saturated carbocycles. The number of aryl methyl sites for hydroxylation is 1. The topological polar surface area (TPSA) is 75.5 Å². The fourth-order valence-electron chi connectivity index (χ4n) is 3.32. The number of piperidine rings is 1. The Kier molecular flexibility index (Phi) is 4.35. The number of halogens is 2. The van der Waals surface area contributed by atoms with Crippen molar-refractivity contribution in [1.29, 1.82) is 0 Å². The van der Waals surface area contributed by atoms with E-state index in [4.69, 9.17) is 23.2 Å². The molecule has 1 N–H and O–H groups in total. The first-order chi connectivity index (χ1) is 12.1. The van der Waals surface area contributed by atoms with Crippen LogP contribution in [0.15, 0.2) is 24.5 Å². The van der Waals surface area contributed by atoms with Crippen molar-refractivity contribution in [1.82, 2.24) is 30.2 Å². The molecule has 0 radical (unpaired) electrons. The molecule has 3 aromatic rings. The van der Waals surface area contributed by atoms with E-state index >= 15 is 0 Å². The number of benzene rings is 1. The van der Waals surface area contributed by atoms with Gasteiger partial charge in [0.05, 0.1) is 27.8 Å². The molecule has 3 heterocycles. The maximum absolute atomic E-state index is 6.12. The number of nitrogens with zero attached hydrogens (tertiary/aromatic N) is 6. The van der Waals surface area contributed by atoms with Crippen LogP contribution in [0.3, 0.4) is 0 Å². The summed E-state index contributed by atoms with van der Waals surface area (Å²) in [5.41, 5.74) is 3.11. The molecule has 130 valence electrons. The molecule has 0 unspecified atom stereocenters. The van der Waals surface area contributed by atoms with Gasteiger partial charge in [0.1, 0.15) is 0 Å². The Morgan fingerprint density at radius 3 is 2.64 bits per heavy atom. The van der Waals surface area contributed by atoms with Crippen LogP contribution in [-0.4, -0.2) is 43.3 Å². The van der Waals surface area contributed by atoms with Gasteiger partial charge in [0, 0.05) is 24.7 Å². The molecule has 7 nitrogen and oxygen atoms in total. The Balaban J connectivity index is 1.53. The molecule has 1 saturated heterocycles. The van der Waals surface area contributed by atoms with Gasteiger partial charge in [-0.3, -0.25) is 0 Å². The Morgan fingerprint density at radius 2 is 1.96 bits per heavy atom. The quantitative estimate of drug-likeness (QED) is 0.756. The molecule has 25 heavy (non-hydrogen) atoms. The van der Waals surface area contributed by atoms with E-state index in [2.05, 4.69) is 30.4 Å². The standard InChI is InChI=1S/C16H17Cl2N7/c1-10-15(20-9-19-10)11-4-6-24(7-5-11)16-21-22-23-25(16)12-2-3-13(17)14(18)8-12/h2-3,8-9,11H,4-7H2,1H3,(H,19,20). The second-order valence-electron chi connectivity index (χ2n) is 6.15. The summed E-state index contributed by atoms with van der Waals surface area (Å²) in [4.78, 5) is 9.77.